The number of carbonyl (C=O) groups is 1. The van der Waals surface area contributed by atoms with E-state index in [-0.39, 0.29) is 11.5 Å². The number of aliphatic carboxylic acids is 1. The molecule has 1 unspecified atom stereocenters. The number of thiophene rings is 1. The van der Waals surface area contributed by atoms with Gasteiger partial charge >= 0.3 is 5.97 Å². The Bertz CT molecular complexity index is 922. The van der Waals surface area contributed by atoms with Crippen molar-refractivity contribution in [2.45, 2.75) is 32.7 Å². The fraction of sp³-hybridized carbons (Fsp3) is 0.312. The van der Waals surface area contributed by atoms with Crippen molar-refractivity contribution in [1.29, 1.82) is 0 Å². The van der Waals surface area contributed by atoms with Gasteiger partial charge in [-0.05, 0) is 19.1 Å². The van der Waals surface area contributed by atoms with Gasteiger partial charge in [-0.1, -0.05) is 13.8 Å². The molecule has 0 aliphatic heterocycles. The van der Waals surface area contributed by atoms with Crippen LogP contribution >= 0.6 is 11.3 Å². The highest BCUT2D eigenvalue weighted by atomic mass is 32.1. The minimum absolute atomic E-state index is 0.0666. The Hall–Kier alpha value is -2.41. The van der Waals surface area contributed by atoms with E-state index >= 15 is 0 Å². The minimum atomic E-state index is -1.06. The second kappa shape index (κ2) is 5.66. The summed E-state index contributed by atoms with van der Waals surface area (Å²) in [7, 11) is 0. The minimum Gasteiger partial charge on any atom is -0.480 e. The summed E-state index contributed by atoms with van der Waals surface area (Å²) >= 11 is 1.35. The molecule has 3 aromatic rings. The summed E-state index contributed by atoms with van der Waals surface area (Å²) < 4.78 is 6.65. The zero-order valence-corrected chi connectivity index (χ0v) is 13.8. The van der Waals surface area contributed by atoms with Crippen LogP contribution in [0.3, 0.4) is 0 Å². The van der Waals surface area contributed by atoms with Crippen LogP contribution in [0.1, 0.15) is 38.6 Å². The predicted octanol–water partition coefficient (Wildman–Crippen LogP) is 3.49. The molecular weight excluding hydrogens is 316 g/mol. The van der Waals surface area contributed by atoms with Crippen molar-refractivity contribution >= 4 is 27.5 Å². The lowest BCUT2D eigenvalue weighted by atomic mass is 10.1. The van der Waals surface area contributed by atoms with E-state index in [2.05, 4.69) is 4.98 Å². The van der Waals surface area contributed by atoms with Gasteiger partial charge in [0.05, 0.1) is 11.6 Å². The van der Waals surface area contributed by atoms with E-state index in [0.717, 1.165) is 0 Å². The highest BCUT2D eigenvalue weighted by Crippen LogP contribution is 2.32. The van der Waals surface area contributed by atoms with Crippen molar-refractivity contribution in [2.75, 3.05) is 0 Å². The SMILES string of the molecule is CC(C)c1nc2scc(-c3ccco3)c2c(=O)n1C(C)C(=O)O. The van der Waals surface area contributed by atoms with E-state index in [9.17, 15) is 14.7 Å². The number of aromatic nitrogens is 2. The number of carboxylic acids is 1. The van der Waals surface area contributed by atoms with Crippen LogP contribution in [0.25, 0.3) is 21.5 Å². The molecule has 0 aliphatic carbocycles. The van der Waals surface area contributed by atoms with Crippen molar-refractivity contribution in [1.82, 2.24) is 9.55 Å². The molecule has 0 spiro atoms. The van der Waals surface area contributed by atoms with Gasteiger partial charge in [0.1, 0.15) is 22.5 Å². The van der Waals surface area contributed by atoms with Gasteiger partial charge in [0.2, 0.25) is 0 Å². The van der Waals surface area contributed by atoms with Gasteiger partial charge < -0.3 is 9.52 Å². The monoisotopic (exact) mass is 332 g/mol. The van der Waals surface area contributed by atoms with E-state index < -0.39 is 12.0 Å². The third kappa shape index (κ3) is 2.46. The summed E-state index contributed by atoms with van der Waals surface area (Å²) in [5.41, 5.74) is 0.301. The van der Waals surface area contributed by atoms with Crippen LogP contribution in [-0.4, -0.2) is 20.6 Å². The van der Waals surface area contributed by atoms with Crippen LogP contribution in [-0.2, 0) is 4.79 Å². The maximum Gasteiger partial charge on any atom is 0.326 e. The molecule has 7 heteroatoms. The molecule has 120 valence electrons. The second-order valence-electron chi connectivity index (χ2n) is 5.62. The molecule has 0 saturated heterocycles. The Morgan fingerprint density at radius 2 is 2.13 bits per heavy atom. The molecule has 0 radical (unpaired) electrons. The molecule has 3 heterocycles. The summed E-state index contributed by atoms with van der Waals surface area (Å²) in [6.07, 6.45) is 1.53. The van der Waals surface area contributed by atoms with Gasteiger partial charge in [0.25, 0.3) is 5.56 Å². The van der Waals surface area contributed by atoms with Crippen molar-refractivity contribution in [3.63, 3.8) is 0 Å². The molecule has 3 rings (SSSR count). The number of rotatable bonds is 4. The lowest BCUT2D eigenvalue weighted by Gasteiger charge is -2.18. The summed E-state index contributed by atoms with van der Waals surface area (Å²) in [4.78, 5) is 29.6. The first-order chi connectivity index (χ1) is 10.9. The van der Waals surface area contributed by atoms with Gasteiger partial charge in [-0.25, -0.2) is 9.78 Å². The smallest absolute Gasteiger partial charge is 0.326 e. The van der Waals surface area contributed by atoms with E-state index in [0.29, 0.717) is 27.4 Å². The topological polar surface area (TPSA) is 85.3 Å². The molecule has 0 fully saturated rings. The van der Waals surface area contributed by atoms with Gasteiger partial charge in [0.15, 0.2) is 0 Å². The lowest BCUT2D eigenvalue weighted by Crippen LogP contribution is -2.32. The number of hydrogen-bond acceptors (Lipinski definition) is 5. The fourth-order valence-corrected chi connectivity index (χ4v) is 3.45. The first kappa shape index (κ1) is 15.5. The molecular formula is C16H16N2O4S. The summed E-state index contributed by atoms with van der Waals surface area (Å²) in [6.45, 7) is 5.27. The van der Waals surface area contributed by atoms with Gasteiger partial charge in [-0.3, -0.25) is 9.36 Å². The average Bonchev–Trinajstić information content (AvgIpc) is 3.14. The molecule has 1 N–H and O–H groups in total. The highest BCUT2D eigenvalue weighted by molar-refractivity contribution is 7.17. The maximum atomic E-state index is 13.0. The first-order valence-electron chi connectivity index (χ1n) is 7.22. The predicted molar refractivity (Wildman–Crippen MR) is 88.0 cm³/mol. The van der Waals surface area contributed by atoms with E-state index in [4.69, 9.17) is 4.42 Å². The molecule has 6 nitrogen and oxygen atoms in total. The Labute approximate surface area is 136 Å². The number of hydrogen-bond donors (Lipinski definition) is 1. The number of furan rings is 1. The van der Waals surface area contributed by atoms with Crippen molar-refractivity contribution < 1.29 is 14.3 Å². The molecule has 3 aromatic heterocycles. The van der Waals surface area contributed by atoms with Crippen LogP contribution < -0.4 is 5.56 Å². The van der Waals surface area contributed by atoms with E-state index in [1.807, 2.05) is 19.2 Å². The van der Waals surface area contributed by atoms with Crippen LogP contribution in [0.2, 0.25) is 0 Å². The zero-order chi connectivity index (χ0) is 16.7. The summed E-state index contributed by atoms with van der Waals surface area (Å²) in [5.74, 6) is -0.0831. The van der Waals surface area contributed by atoms with Crippen LogP contribution in [0, 0.1) is 0 Å². The normalized spacial score (nSPS) is 12.9. The first-order valence-corrected chi connectivity index (χ1v) is 8.10. The van der Waals surface area contributed by atoms with Gasteiger partial charge in [-0.15, -0.1) is 11.3 Å². The van der Waals surface area contributed by atoms with Crippen LogP contribution in [0.4, 0.5) is 0 Å². The molecule has 1 atom stereocenters. The average molecular weight is 332 g/mol. The van der Waals surface area contributed by atoms with E-state index in [1.54, 1.807) is 12.1 Å². The second-order valence-corrected chi connectivity index (χ2v) is 6.48. The Kier molecular flexibility index (Phi) is 3.81. The van der Waals surface area contributed by atoms with Crippen molar-refractivity contribution in [2.24, 2.45) is 0 Å². The summed E-state index contributed by atoms with van der Waals surface area (Å²) in [5, 5.41) is 11.6. The largest absolute Gasteiger partial charge is 0.480 e. The maximum absolute atomic E-state index is 13.0. The van der Waals surface area contributed by atoms with Crippen LogP contribution in [0.5, 0.6) is 0 Å². The zero-order valence-electron chi connectivity index (χ0n) is 12.9. The van der Waals surface area contributed by atoms with Gasteiger partial charge in [-0.2, -0.15) is 0 Å². The van der Waals surface area contributed by atoms with Crippen molar-refractivity contribution in [3.05, 3.63) is 40.0 Å². The highest BCUT2D eigenvalue weighted by Gasteiger charge is 2.25. The molecule has 0 saturated carbocycles. The molecule has 0 amide bonds. The van der Waals surface area contributed by atoms with Crippen LogP contribution in [0.15, 0.2) is 33.0 Å². The number of nitrogens with zero attached hydrogens (tertiary/aromatic N) is 2. The molecule has 0 aromatic carbocycles. The Morgan fingerprint density at radius 1 is 1.39 bits per heavy atom. The fourth-order valence-electron chi connectivity index (χ4n) is 2.52. The third-order valence-electron chi connectivity index (χ3n) is 3.71. The quantitative estimate of drug-likeness (QED) is 0.790. The Morgan fingerprint density at radius 3 is 2.70 bits per heavy atom. The lowest BCUT2D eigenvalue weighted by molar-refractivity contribution is -0.140. The Balaban J connectivity index is 2.38. The standard InChI is InChI=1S/C16H16N2O4S/c1-8(2)13-17-14-12(15(19)18(13)9(3)16(20)21)10(7-23-14)11-5-4-6-22-11/h4-9H,1-3H3,(H,20,21). The molecule has 0 aliphatic rings. The van der Waals surface area contributed by atoms with E-state index in [1.165, 1.54) is 29.1 Å². The summed E-state index contributed by atoms with van der Waals surface area (Å²) in [6, 6.07) is 2.52. The molecule has 23 heavy (non-hydrogen) atoms. The number of carboxylic acid groups (broad SMARTS) is 1. The molecule has 0 bridgehead atoms. The third-order valence-corrected chi connectivity index (χ3v) is 4.59. The van der Waals surface area contributed by atoms with Crippen molar-refractivity contribution in [3.8, 4) is 11.3 Å². The number of fused-ring (bicyclic) bond motifs is 1. The van der Waals surface area contributed by atoms with Gasteiger partial charge in [0, 0.05) is 16.9 Å².